The summed E-state index contributed by atoms with van der Waals surface area (Å²) in [6, 6.07) is 2.79. The Morgan fingerprint density at radius 3 is 2.50 bits per heavy atom. The number of benzene rings is 1. The predicted octanol–water partition coefficient (Wildman–Crippen LogP) is 5.40. The molecule has 3 N–H and O–H groups in total. The summed E-state index contributed by atoms with van der Waals surface area (Å²) in [6.45, 7) is -0.353. The number of thiophene rings is 1. The van der Waals surface area contributed by atoms with Crippen molar-refractivity contribution in [2.75, 3.05) is 6.61 Å². The van der Waals surface area contributed by atoms with Gasteiger partial charge in [-0.2, -0.15) is 27.1 Å². The SMILES string of the molecule is O=P(O)(O)C(F)(F)c1sc2c(OCCCC(F)(F)F)cc(-c3ncn[nH]3)cc2c1Br. The van der Waals surface area contributed by atoms with Crippen LogP contribution in [0.25, 0.3) is 21.5 Å². The van der Waals surface area contributed by atoms with E-state index in [0.29, 0.717) is 16.9 Å². The second kappa shape index (κ2) is 8.15. The number of hydrogen-bond donors (Lipinski definition) is 3. The molecular formula is C15H12BrF5N3O4PS. The molecule has 2 aromatic heterocycles. The standard InChI is InChI=1S/C15H12BrF5N3O4PS/c16-10-8-4-7(13-22-6-23-24-13)5-9(28-3-1-2-14(17,18)19)11(8)30-12(10)15(20,21)29(25,26)27/h4-6H,1-3H2,(H,22,23,24)(H2,25,26,27). The van der Waals surface area contributed by atoms with Crippen molar-refractivity contribution in [3.8, 4) is 17.1 Å². The van der Waals surface area contributed by atoms with E-state index in [2.05, 4.69) is 31.1 Å². The number of aromatic nitrogens is 3. The minimum Gasteiger partial charge on any atom is -0.492 e. The van der Waals surface area contributed by atoms with Gasteiger partial charge in [-0.15, -0.1) is 11.3 Å². The molecular weight excluding hydrogens is 524 g/mol. The number of hydrogen-bond acceptors (Lipinski definition) is 5. The smallest absolute Gasteiger partial charge is 0.400 e. The molecule has 3 aromatic rings. The van der Waals surface area contributed by atoms with E-state index in [1.807, 2.05) is 0 Å². The van der Waals surface area contributed by atoms with E-state index in [1.165, 1.54) is 18.5 Å². The van der Waals surface area contributed by atoms with Crippen molar-refractivity contribution in [2.24, 2.45) is 0 Å². The number of alkyl halides is 5. The first kappa shape index (κ1) is 23.1. The van der Waals surface area contributed by atoms with Crippen LogP contribution in [0.3, 0.4) is 0 Å². The van der Waals surface area contributed by atoms with Gasteiger partial charge in [0.05, 0.1) is 11.3 Å². The molecule has 0 spiro atoms. The normalized spacial score (nSPS) is 13.2. The van der Waals surface area contributed by atoms with Gasteiger partial charge in [0.2, 0.25) is 0 Å². The van der Waals surface area contributed by atoms with E-state index in [0.717, 1.165) is 0 Å². The van der Waals surface area contributed by atoms with Gasteiger partial charge in [-0.25, -0.2) is 4.98 Å². The van der Waals surface area contributed by atoms with Gasteiger partial charge in [-0.05, 0) is 34.5 Å². The molecule has 0 aliphatic carbocycles. The van der Waals surface area contributed by atoms with Crippen molar-refractivity contribution in [1.29, 1.82) is 0 Å². The van der Waals surface area contributed by atoms with Crippen molar-refractivity contribution in [3.05, 3.63) is 27.8 Å². The topological polar surface area (TPSA) is 108 Å². The van der Waals surface area contributed by atoms with E-state index in [4.69, 9.17) is 14.5 Å². The van der Waals surface area contributed by atoms with Crippen LogP contribution >= 0.6 is 34.9 Å². The van der Waals surface area contributed by atoms with Gasteiger partial charge in [0.15, 0.2) is 5.82 Å². The van der Waals surface area contributed by atoms with Gasteiger partial charge in [0.1, 0.15) is 17.0 Å². The zero-order chi connectivity index (χ0) is 22.3. The van der Waals surface area contributed by atoms with Crippen LogP contribution in [0.15, 0.2) is 22.9 Å². The van der Waals surface area contributed by atoms with Crippen LogP contribution in [-0.2, 0) is 10.2 Å². The lowest BCUT2D eigenvalue weighted by atomic mass is 10.1. The Bertz CT molecular complexity index is 1100. The van der Waals surface area contributed by atoms with Crippen molar-refractivity contribution >= 4 is 44.9 Å². The van der Waals surface area contributed by atoms with E-state index in [9.17, 15) is 26.5 Å². The second-order valence-electron chi connectivity index (χ2n) is 6.08. The Morgan fingerprint density at radius 2 is 1.93 bits per heavy atom. The first-order chi connectivity index (χ1) is 13.8. The quantitative estimate of drug-likeness (QED) is 0.212. The van der Waals surface area contributed by atoms with Gasteiger partial charge < -0.3 is 14.5 Å². The van der Waals surface area contributed by atoms with Crippen molar-refractivity contribution in [3.63, 3.8) is 0 Å². The van der Waals surface area contributed by atoms with E-state index >= 15 is 0 Å². The maximum Gasteiger partial charge on any atom is 0.400 e. The number of rotatable bonds is 7. The summed E-state index contributed by atoms with van der Waals surface area (Å²) in [6.07, 6.45) is -4.63. The number of nitrogens with zero attached hydrogens (tertiary/aromatic N) is 2. The third-order valence-corrected chi connectivity index (χ3v) is 7.37. The lowest BCUT2D eigenvalue weighted by Gasteiger charge is -2.16. The summed E-state index contributed by atoms with van der Waals surface area (Å²) in [4.78, 5) is 21.1. The predicted molar refractivity (Wildman–Crippen MR) is 102 cm³/mol. The van der Waals surface area contributed by atoms with E-state index in [-0.39, 0.29) is 39.2 Å². The van der Waals surface area contributed by atoms with Crippen LogP contribution < -0.4 is 4.74 Å². The third-order valence-electron chi connectivity index (χ3n) is 3.88. The second-order valence-corrected chi connectivity index (χ2v) is 9.55. The lowest BCUT2D eigenvalue weighted by Crippen LogP contribution is -2.12. The highest BCUT2D eigenvalue weighted by atomic mass is 79.9. The third kappa shape index (κ3) is 4.67. The fourth-order valence-corrected chi connectivity index (χ4v) is 5.48. The molecule has 0 saturated carbocycles. The van der Waals surface area contributed by atoms with E-state index < -0.39 is 30.7 Å². The van der Waals surface area contributed by atoms with Crippen molar-refractivity contribution in [2.45, 2.75) is 24.7 Å². The molecule has 2 heterocycles. The van der Waals surface area contributed by atoms with Crippen LogP contribution in [0, 0.1) is 0 Å². The molecule has 1 aromatic carbocycles. The summed E-state index contributed by atoms with van der Waals surface area (Å²) in [5.41, 5.74) is -4.15. The summed E-state index contributed by atoms with van der Waals surface area (Å²) >= 11 is 3.33. The maximum absolute atomic E-state index is 14.3. The van der Waals surface area contributed by atoms with Gasteiger partial charge >= 0.3 is 19.4 Å². The van der Waals surface area contributed by atoms with Crippen LogP contribution in [0.2, 0.25) is 0 Å². The summed E-state index contributed by atoms with van der Waals surface area (Å²) < 4.78 is 82.2. The van der Waals surface area contributed by atoms with Crippen molar-refractivity contribution < 1.29 is 41.0 Å². The molecule has 15 heteroatoms. The number of ether oxygens (including phenoxy) is 1. The van der Waals surface area contributed by atoms with Gasteiger partial charge in [0.25, 0.3) is 0 Å². The Labute approximate surface area is 177 Å². The van der Waals surface area contributed by atoms with E-state index in [1.54, 1.807) is 0 Å². The van der Waals surface area contributed by atoms with Crippen LogP contribution in [0.4, 0.5) is 22.0 Å². The number of aromatic amines is 1. The summed E-state index contributed by atoms with van der Waals surface area (Å²) in [5, 5.41) is 6.37. The molecule has 0 bridgehead atoms. The zero-order valence-electron chi connectivity index (χ0n) is 14.6. The van der Waals surface area contributed by atoms with Crippen molar-refractivity contribution in [1.82, 2.24) is 15.2 Å². The Balaban J connectivity index is 2.08. The maximum atomic E-state index is 14.3. The Hall–Kier alpha value is -1.60. The molecule has 164 valence electrons. The summed E-state index contributed by atoms with van der Waals surface area (Å²) in [5.74, 6) is 0.206. The molecule has 30 heavy (non-hydrogen) atoms. The highest BCUT2D eigenvalue weighted by Gasteiger charge is 2.53. The number of halogens is 6. The highest BCUT2D eigenvalue weighted by Crippen LogP contribution is 2.63. The van der Waals surface area contributed by atoms with Crippen LogP contribution in [-0.4, -0.2) is 37.8 Å². The monoisotopic (exact) mass is 535 g/mol. The zero-order valence-corrected chi connectivity index (χ0v) is 17.9. The first-order valence-corrected chi connectivity index (χ1v) is 11.3. The molecule has 0 unspecified atom stereocenters. The summed E-state index contributed by atoms with van der Waals surface area (Å²) in [7, 11) is -5.84. The molecule has 3 rings (SSSR count). The average molecular weight is 536 g/mol. The molecule has 0 radical (unpaired) electrons. The largest absolute Gasteiger partial charge is 0.492 e. The molecule has 0 amide bonds. The van der Waals surface area contributed by atoms with Gasteiger partial charge in [-0.1, -0.05) is 0 Å². The Kier molecular flexibility index (Phi) is 6.27. The van der Waals surface area contributed by atoms with Gasteiger partial charge in [0, 0.05) is 21.8 Å². The molecule has 0 aliphatic rings. The minimum absolute atomic E-state index is 0.0282. The molecule has 0 atom stereocenters. The highest BCUT2D eigenvalue weighted by molar-refractivity contribution is 9.10. The van der Waals surface area contributed by atoms with Crippen LogP contribution in [0.5, 0.6) is 5.75 Å². The van der Waals surface area contributed by atoms with Gasteiger partial charge in [-0.3, -0.25) is 9.66 Å². The minimum atomic E-state index is -5.84. The van der Waals surface area contributed by atoms with Crippen LogP contribution in [0.1, 0.15) is 17.7 Å². The molecule has 7 nitrogen and oxygen atoms in total. The number of H-pyrrole nitrogens is 1. The first-order valence-electron chi connectivity index (χ1n) is 8.06. The Morgan fingerprint density at radius 1 is 1.23 bits per heavy atom. The molecule has 0 aliphatic heterocycles. The molecule has 0 fully saturated rings. The fraction of sp³-hybridized carbons (Fsp3) is 0.333. The molecule has 0 saturated heterocycles. The average Bonchev–Trinajstić information content (AvgIpc) is 3.25. The fourth-order valence-electron chi connectivity index (χ4n) is 2.51. The lowest BCUT2D eigenvalue weighted by molar-refractivity contribution is -0.136. The number of nitrogens with one attached hydrogen (secondary N) is 1. The number of fused-ring (bicyclic) bond motifs is 1.